The Bertz CT molecular complexity index is 555. The molecule has 0 saturated heterocycles. The average Bonchev–Trinajstić information content (AvgIpc) is 2.32. The lowest BCUT2D eigenvalue weighted by atomic mass is 10.4. The fraction of sp³-hybridized carbons (Fsp3) is 1.00. The van der Waals surface area contributed by atoms with Crippen LogP contribution in [-0.4, -0.2) is 62.4 Å². The molecule has 0 aromatic rings. The van der Waals surface area contributed by atoms with Crippen LogP contribution in [0.4, 0.5) is 0 Å². The predicted molar refractivity (Wildman–Crippen MR) is 82.1 cm³/mol. The third kappa shape index (κ3) is 5.73. The molecule has 0 spiro atoms. The van der Waals surface area contributed by atoms with Crippen LogP contribution in [0.5, 0.6) is 0 Å². The van der Waals surface area contributed by atoms with E-state index >= 15 is 0 Å². The zero-order valence-corrected chi connectivity index (χ0v) is 16.0. The molecular formula is C6H20N2O13P4. The van der Waals surface area contributed by atoms with Gasteiger partial charge in [0.1, 0.15) is 0 Å². The minimum atomic E-state index is -5.48. The van der Waals surface area contributed by atoms with Gasteiger partial charge in [0.25, 0.3) is 0 Å². The molecule has 0 aromatic carbocycles. The molecule has 0 bridgehead atoms. The molecule has 15 nitrogen and oxygen atoms in total. The van der Waals surface area contributed by atoms with Crippen molar-refractivity contribution in [3.63, 3.8) is 0 Å². The van der Waals surface area contributed by atoms with Crippen molar-refractivity contribution >= 4 is 30.4 Å². The lowest BCUT2D eigenvalue weighted by molar-refractivity contribution is 0.115. The van der Waals surface area contributed by atoms with Gasteiger partial charge in [-0.15, -0.1) is 0 Å². The monoisotopic (exact) mass is 452 g/mol. The molecule has 0 saturated carbocycles. The highest BCUT2D eigenvalue weighted by molar-refractivity contribution is 7.72. The van der Waals surface area contributed by atoms with Crippen molar-refractivity contribution in [3.05, 3.63) is 0 Å². The quantitative estimate of drug-likeness (QED) is 0.123. The first-order valence-corrected chi connectivity index (χ1v) is 12.5. The molecule has 12 N–H and O–H groups in total. The van der Waals surface area contributed by atoms with Crippen LogP contribution in [0, 0.1) is 0 Å². The fourth-order valence-corrected chi connectivity index (χ4v) is 5.71. The summed E-state index contributed by atoms with van der Waals surface area (Å²) in [6, 6.07) is 0. The average molecular weight is 452 g/mol. The molecule has 0 aliphatic heterocycles. The maximum Gasteiger partial charge on any atom is 0.357 e. The molecule has 0 aliphatic carbocycles. The summed E-state index contributed by atoms with van der Waals surface area (Å²) in [7, 11) is -21.9. The SMILES string of the molecule is NC(CCOCCC(N)(P(=O)(O)O)P(=O)(O)O)(P(=O)(O)O)P(=O)(O)O. The van der Waals surface area contributed by atoms with Crippen LogP contribution in [0.2, 0.25) is 0 Å². The van der Waals surface area contributed by atoms with Crippen molar-refractivity contribution in [1.82, 2.24) is 0 Å². The molecule has 0 fully saturated rings. The van der Waals surface area contributed by atoms with Gasteiger partial charge in [0.05, 0.1) is 0 Å². The summed E-state index contributed by atoms with van der Waals surface area (Å²) in [5.41, 5.74) is 10.2. The van der Waals surface area contributed by atoms with Gasteiger partial charge in [0.15, 0.2) is 0 Å². The number of rotatable bonds is 10. The van der Waals surface area contributed by atoms with Crippen LogP contribution >= 0.6 is 30.4 Å². The Morgan fingerprint density at radius 3 is 0.960 bits per heavy atom. The minimum absolute atomic E-state index is 0.814. The van der Waals surface area contributed by atoms with Crippen molar-refractivity contribution in [2.24, 2.45) is 11.5 Å². The smallest absolute Gasteiger partial charge is 0.357 e. The van der Waals surface area contributed by atoms with Gasteiger partial charge < -0.3 is 55.4 Å². The number of nitrogens with two attached hydrogens (primary N) is 2. The first-order valence-electron chi connectivity index (χ1n) is 6.09. The van der Waals surface area contributed by atoms with Gasteiger partial charge >= 0.3 is 30.4 Å². The number of hydrogen-bond donors (Lipinski definition) is 10. The van der Waals surface area contributed by atoms with Gasteiger partial charge in [0, 0.05) is 26.1 Å². The lowest BCUT2D eigenvalue weighted by Gasteiger charge is -2.31. The Hall–Kier alpha value is 0.480. The van der Waals surface area contributed by atoms with Crippen molar-refractivity contribution in [2.45, 2.75) is 22.9 Å². The number of hydrogen-bond acceptors (Lipinski definition) is 7. The molecule has 19 heteroatoms. The summed E-state index contributed by atoms with van der Waals surface area (Å²) in [5, 5.41) is -6.52. The Labute approximate surface area is 141 Å². The largest absolute Gasteiger partial charge is 0.381 e. The van der Waals surface area contributed by atoms with E-state index in [0.29, 0.717) is 0 Å². The Balaban J connectivity index is 5.00. The molecule has 0 rings (SSSR count). The topological polar surface area (TPSA) is 291 Å². The molecule has 0 radical (unpaired) electrons. The Morgan fingerprint density at radius 1 is 0.600 bits per heavy atom. The number of ether oxygens (including phenoxy) is 1. The maximum absolute atomic E-state index is 11.2. The molecule has 0 unspecified atom stereocenters. The lowest BCUT2D eigenvalue weighted by Crippen LogP contribution is -2.41. The van der Waals surface area contributed by atoms with E-state index in [0.717, 1.165) is 0 Å². The normalized spacial score (nSPS) is 15.4. The molecule has 0 aliphatic rings. The summed E-state index contributed by atoms with van der Waals surface area (Å²) >= 11 is 0. The van der Waals surface area contributed by atoms with Crippen molar-refractivity contribution < 1.29 is 62.1 Å². The van der Waals surface area contributed by atoms with Gasteiger partial charge in [-0.3, -0.25) is 18.3 Å². The van der Waals surface area contributed by atoms with Crippen molar-refractivity contribution in [2.75, 3.05) is 13.2 Å². The highest BCUT2D eigenvalue weighted by Gasteiger charge is 2.58. The molecule has 0 atom stereocenters. The van der Waals surface area contributed by atoms with Crippen molar-refractivity contribution in [1.29, 1.82) is 0 Å². The van der Waals surface area contributed by atoms with E-state index in [2.05, 4.69) is 4.74 Å². The Kier molecular flexibility index (Phi) is 7.99. The molecule has 0 heterocycles. The first-order chi connectivity index (χ1) is 10.7. The second-order valence-corrected chi connectivity index (χ2v) is 13.3. The molecule has 25 heavy (non-hydrogen) atoms. The van der Waals surface area contributed by atoms with Gasteiger partial charge in [-0.2, -0.15) is 0 Å². The van der Waals surface area contributed by atoms with Crippen molar-refractivity contribution in [3.8, 4) is 0 Å². The highest BCUT2D eigenvalue weighted by Crippen LogP contribution is 2.68. The third-order valence-corrected chi connectivity index (χ3v) is 11.3. The second-order valence-electron chi connectivity index (χ2n) is 5.05. The zero-order valence-electron chi connectivity index (χ0n) is 12.4. The summed E-state index contributed by atoms with van der Waals surface area (Å²) in [6.07, 6.45) is -2.13. The zero-order chi connectivity index (χ0) is 20.5. The minimum Gasteiger partial charge on any atom is -0.381 e. The van der Waals surface area contributed by atoms with Gasteiger partial charge in [-0.1, -0.05) is 0 Å². The summed E-state index contributed by atoms with van der Waals surface area (Å²) < 4.78 is 49.4. The van der Waals surface area contributed by atoms with Gasteiger partial charge in [-0.05, 0) is 0 Å². The fourth-order valence-electron chi connectivity index (χ4n) is 1.47. The van der Waals surface area contributed by atoms with E-state index in [4.69, 9.17) is 50.6 Å². The maximum atomic E-state index is 11.2. The summed E-state index contributed by atoms with van der Waals surface area (Å²) in [6.45, 7) is -1.63. The first kappa shape index (κ1) is 25.5. The molecule has 0 amide bonds. The van der Waals surface area contributed by atoms with Crippen LogP contribution in [0.3, 0.4) is 0 Å². The highest BCUT2D eigenvalue weighted by atomic mass is 31.2. The van der Waals surface area contributed by atoms with E-state index in [1.807, 2.05) is 0 Å². The van der Waals surface area contributed by atoms with E-state index in [9.17, 15) is 18.3 Å². The summed E-state index contributed by atoms with van der Waals surface area (Å²) in [5.74, 6) is 0. The van der Waals surface area contributed by atoms with Crippen LogP contribution in [0.25, 0.3) is 0 Å². The van der Waals surface area contributed by atoms with Crippen LogP contribution in [0.1, 0.15) is 12.8 Å². The second kappa shape index (κ2) is 7.84. The molecular weight excluding hydrogens is 432 g/mol. The molecule has 0 aromatic heterocycles. The van der Waals surface area contributed by atoms with E-state index in [1.54, 1.807) is 0 Å². The van der Waals surface area contributed by atoms with Gasteiger partial charge in [0.2, 0.25) is 10.0 Å². The van der Waals surface area contributed by atoms with Crippen LogP contribution < -0.4 is 11.5 Å². The van der Waals surface area contributed by atoms with Crippen LogP contribution in [-0.2, 0) is 23.0 Å². The third-order valence-electron chi connectivity index (χ3n) is 3.25. The summed E-state index contributed by atoms with van der Waals surface area (Å²) in [4.78, 5) is 71.9. The molecule has 152 valence electrons. The van der Waals surface area contributed by atoms with E-state index < -0.39 is 66.5 Å². The van der Waals surface area contributed by atoms with Gasteiger partial charge in [-0.25, -0.2) is 0 Å². The predicted octanol–water partition coefficient (Wildman–Crippen LogP) is -2.28. The van der Waals surface area contributed by atoms with E-state index in [-0.39, 0.29) is 0 Å². The van der Waals surface area contributed by atoms with Crippen LogP contribution in [0.15, 0.2) is 0 Å². The standard InChI is InChI=1S/C6H20N2O13P4/c7-5(22(9,10)11,23(12,13)14)1-3-21-4-2-6(8,24(15,16)17)25(18,19)20/h1-4,7-8H2,(H2,9,10,11)(H2,12,13,14)(H2,15,16,17)(H2,18,19,20). The Morgan fingerprint density at radius 2 is 0.800 bits per heavy atom. The van der Waals surface area contributed by atoms with E-state index in [1.165, 1.54) is 0 Å².